The standard InChI is InChI=1S/C19H20BrN5O3/c1-11(2)18-15-7-12(20)3-4-14(15)19(27)24(23-18)8-17(26)22-16-5-6-21-25(16)13-9-28-10-13/h3-7,11,13H,8-10H2,1-2H3,(H,22,26). The summed E-state index contributed by atoms with van der Waals surface area (Å²) in [6.45, 7) is 5.00. The van der Waals surface area contributed by atoms with Gasteiger partial charge in [0, 0.05) is 15.9 Å². The molecular formula is C19H20BrN5O3. The molecule has 146 valence electrons. The first-order valence-electron chi connectivity index (χ1n) is 9.05. The van der Waals surface area contributed by atoms with E-state index < -0.39 is 0 Å². The Labute approximate surface area is 169 Å². The lowest BCUT2D eigenvalue weighted by molar-refractivity contribution is -0.117. The molecule has 1 aliphatic rings. The van der Waals surface area contributed by atoms with Crippen LogP contribution in [0, 0.1) is 0 Å². The van der Waals surface area contributed by atoms with Crippen molar-refractivity contribution >= 4 is 38.4 Å². The van der Waals surface area contributed by atoms with Crippen molar-refractivity contribution in [3.63, 3.8) is 0 Å². The molecule has 1 fully saturated rings. The van der Waals surface area contributed by atoms with E-state index in [9.17, 15) is 9.59 Å². The van der Waals surface area contributed by atoms with Gasteiger partial charge in [0.25, 0.3) is 5.56 Å². The molecule has 0 unspecified atom stereocenters. The third-order valence-electron chi connectivity index (χ3n) is 4.70. The zero-order chi connectivity index (χ0) is 19.8. The van der Waals surface area contributed by atoms with E-state index in [1.54, 1.807) is 23.0 Å². The minimum Gasteiger partial charge on any atom is -0.377 e. The molecule has 3 aromatic rings. The van der Waals surface area contributed by atoms with E-state index in [-0.39, 0.29) is 30.0 Å². The monoisotopic (exact) mass is 445 g/mol. The average Bonchev–Trinajstić information content (AvgIpc) is 3.03. The smallest absolute Gasteiger partial charge is 0.275 e. The summed E-state index contributed by atoms with van der Waals surface area (Å²) in [4.78, 5) is 25.4. The first-order chi connectivity index (χ1) is 13.4. The quantitative estimate of drug-likeness (QED) is 0.651. The fraction of sp³-hybridized carbons (Fsp3) is 0.368. The van der Waals surface area contributed by atoms with Gasteiger partial charge < -0.3 is 10.1 Å². The predicted octanol–water partition coefficient (Wildman–Crippen LogP) is 2.69. The van der Waals surface area contributed by atoms with Crippen molar-refractivity contribution in [2.24, 2.45) is 0 Å². The highest BCUT2D eigenvalue weighted by Gasteiger charge is 2.24. The molecule has 1 aliphatic heterocycles. The van der Waals surface area contributed by atoms with Gasteiger partial charge >= 0.3 is 0 Å². The molecule has 2 aromatic heterocycles. The summed E-state index contributed by atoms with van der Waals surface area (Å²) in [5.41, 5.74) is 0.489. The van der Waals surface area contributed by atoms with Crippen molar-refractivity contribution in [3.8, 4) is 0 Å². The summed E-state index contributed by atoms with van der Waals surface area (Å²) in [7, 11) is 0. The zero-order valence-electron chi connectivity index (χ0n) is 15.6. The number of carbonyl (C=O) groups excluding carboxylic acids is 1. The second-order valence-electron chi connectivity index (χ2n) is 7.09. The molecule has 8 nitrogen and oxygen atoms in total. The number of halogens is 1. The second-order valence-corrected chi connectivity index (χ2v) is 8.01. The topological polar surface area (TPSA) is 91.0 Å². The predicted molar refractivity (Wildman–Crippen MR) is 109 cm³/mol. The van der Waals surface area contributed by atoms with Crippen LogP contribution in [0.1, 0.15) is 31.5 Å². The Balaban J connectivity index is 1.63. The Kier molecular flexibility index (Phi) is 5.03. The number of fused-ring (bicyclic) bond motifs is 1. The molecule has 0 saturated carbocycles. The number of hydrogen-bond donors (Lipinski definition) is 1. The molecule has 1 aromatic carbocycles. The number of carbonyl (C=O) groups is 1. The highest BCUT2D eigenvalue weighted by molar-refractivity contribution is 9.10. The number of amides is 1. The number of anilines is 1. The van der Waals surface area contributed by atoms with Crippen molar-refractivity contribution < 1.29 is 9.53 Å². The Morgan fingerprint density at radius 3 is 2.79 bits per heavy atom. The lowest BCUT2D eigenvalue weighted by Gasteiger charge is -2.27. The molecule has 28 heavy (non-hydrogen) atoms. The van der Waals surface area contributed by atoms with E-state index in [0.717, 1.165) is 15.6 Å². The molecule has 4 rings (SSSR count). The highest BCUT2D eigenvalue weighted by atomic mass is 79.9. The summed E-state index contributed by atoms with van der Waals surface area (Å²) >= 11 is 3.44. The molecule has 3 heterocycles. The van der Waals surface area contributed by atoms with E-state index in [4.69, 9.17) is 4.74 Å². The van der Waals surface area contributed by atoms with Gasteiger partial charge in [-0.3, -0.25) is 9.59 Å². The van der Waals surface area contributed by atoms with Crippen LogP contribution in [0.4, 0.5) is 5.82 Å². The lowest BCUT2D eigenvalue weighted by atomic mass is 10.0. The van der Waals surface area contributed by atoms with Crippen LogP contribution in [-0.2, 0) is 16.1 Å². The van der Waals surface area contributed by atoms with Crippen LogP contribution in [0.15, 0.2) is 39.7 Å². The molecule has 0 spiro atoms. The molecule has 0 atom stereocenters. The maximum Gasteiger partial charge on any atom is 0.275 e. The van der Waals surface area contributed by atoms with E-state index >= 15 is 0 Å². The van der Waals surface area contributed by atoms with Crippen LogP contribution >= 0.6 is 15.9 Å². The summed E-state index contributed by atoms with van der Waals surface area (Å²) in [5, 5.41) is 12.9. The summed E-state index contributed by atoms with van der Waals surface area (Å²) in [6, 6.07) is 7.32. The number of rotatable bonds is 5. The van der Waals surface area contributed by atoms with Gasteiger partial charge in [-0.1, -0.05) is 29.8 Å². The third-order valence-corrected chi connectivity index (χ3v) is 5.19. The first kappa shape index (κ1) is 18.8. The van der Waals surface area contributed by atoms with Crippen LogP contribution < -0.4 is 10.9 Å². The van der Waals surface area contributed by atoms with Crippen molar-refractivity contribution in [2.45, 2.75) is 32.4 Å². The van der Waals surface area contributed by atoms with Crippen molar-refractivity contribution in [2.75, 3.05) is 18.5 Å². The molecule has 0 bridgehead atoms. The summed E-state index contributed by atoms with van der Waals surface area (Å²) in [6.07, 6.45) is 1.63. The van der Waals surface area contributed by atoms with Crippen LogP contribution in [0.25, 0.3) is 10.8 Å². The zero-order valence-corrected chi connectivity index (χ0v) is 17.1. The molecule has 1 saturated heterocycles. The number of nitrogens with zero attached hydrogens (tertiary/aromatic N) is 4. The van der Waals surface area contributed by atoms with Gasteiger partial charge in [0.2, 0.25) is 5.91 Å². The van der Waals surface area contributed by atoms with Crippen molar-refractivity contribution in [1.82, 2.24) is 19.6 Å². The summed E-state index contributed by atoms with van der Waals surface area (Å²) < 4.78 is 9.03. The van der Waals surface area contributed by atoms with Crippen LogP contribution in [0.3, 0.4) is 0 Å². The van der Waals surface area contributed by atoms with Gasteiger partial charge in [-0.2, -0.15) is 10.2 Å². The van der Waals surface area contributed by atoms with Gasteiger partial charge in [-0.15, -0.1) is 0 Å². The summed E-state index contributed by atoms with van der Waals surface area (Å²) in [5.74, 6) is 0.356. The minimum atomic E-state index is -0.331. The Bertz CT molecular complexity index is 1100. The number of ether oxygens (including phenoxy) is 1. The fourth-order valence-corrected chi connectivity index (χ4v) is 3.57. The molecule has 9 heteroatoms. The SMILES string of the molecule is CC(C)c1nn(CC(=O)Nc2ccnn2C2COC2)c(=O)c2ccc(Br)cc12. The van der Waals surface area contributed by atoms with E-state index in [2.05, 4.69) is 31.4 Å². The maximum atomic E-state index is 12.9. The van der Waals surface area contributed by atoms with Gasteiger partial charge in [0.05, 0.1) is 30.5 Å². The van der Waals surface area contributed by atoms with Gasteiger partial charge in [-0.05, 0) is 24.1 Å². The van der Waals surface area contributed by atoms with Crippen LogP contribution in [0.5, 0.6) is 0 Å². The normalized spacial score (nSPS) is 14.4. The fourth-order valence-electron chi connectivity index (χ4n) is 3.20. The lowest BCUT2D eigenvalue weighted by Crippen LogP contribution is -2.34. The van der Waals surface area contributed by atoms with Gasteiger partial charge in [-0.25, -0.2) is 9.36 Å². The van der Waals surface area contributed by atoms with Crippen molar-refractivity contribution in [3.05, 3.63) is 51.0 Å². The molecule has 0 radical (unpaired) electrons. The Morgan fingerprint density at radius 2 is 2.11 bits per heavy atom. The maximum absolute atomic E-state index is 12.9. The van der Waals surface area contributed by atoms with Crippen molar-refractivity contribution in [1.29, 1.82) is 0 Å². The minimum absolute atomic E-state index is 0.103. The average molecular weight is 446 g/mol. The first-order valence-corrected chi connectivity index (χ1v) is 9.84. The van der Waals surface area contributed by atoms with E-state index in [1.807, 2.05) is 26.0 Å². The van der Waals surface area contributed by atoms with Crippen LogP contribution in [-0.4, -0.2) is 38.7 Å². The molecule has 1 amide bonds. The van der Waals surface area contributed by atoms with Gasteiger partial charge in [0.1, 0.15) is 18.4 Å². The molecular weight excluding hydrogens is 426 g/mol. The Hall–Kier alpha value is -2.52. The van der Waals surface area contributed by atoms with Crippen LogP contribution in [0.2, 0.25) is 0 Å². The van der Waals surface area contributed by atoms with E-state index in [1.165, 1.54) is 4.68 Å². The van der Waals surface area contributed by atoms with Gasteiger partial charge in [0.15, 0.2) is 0 Å². The largest absolute Gasteiger partial charge is 0.377 e. The molecule has 0 aliphatic carbocycles. The number of aromatic nitrogens is 4. The second kappa shape index (κ2) is 7.48. The van der Waals surface area contributed by atoms with E-state index in [0.29, 0.717) is 24.4 Å². The number of hydrogen-bond acceptors (Lipinski definition) is 5. The number of nitrogens with one attached hydrogen (secondary N) is 1. The Morgan fingerprint density at radius 1 is 1.32 bits per heavy atom. The molecule has 1 N–H and O–H groups in total. The number of benzene rings is 1. The highest BCUT2D eigenvalue weighted by Crippen LogP contribution is 2.24. The third kappa shape index (κ3) is 3.47.